The topological polar surface area (TPSA) is 48.0 Å². The van der Waals surface area contributed by atoms with Crippen LogP contribution in [-0.2, 0) is 13.0 Å². The van der Waals surface area contributed by atoms with Gasteiger partial charge in [-0.3, -0.25) is 9.36 Å². The highest BCUT2D eigenvalue weighted by Gasteiger charge is 2.06. The van der Waals surface area contributed by atoms with Crippen LogP contribution in [0.3, 0.4) is 0 Å². The lowest BCUT2D eigenvalue weighted by Gasteiger charge is -2.12. The molecule has 18 heavy (non-hydrogen) atoms. The van der Waals surface area contributed by atoms with Gasteiger partial charge in [0.2, 0.25) is 0 Å². The van der Waals surface area contributed by atoms with Gasteiger partial charge in [-0.05, 0) is 37.1 Å². The molecule has 0 saturated carbocycles. The number of aryl methyl sites for hydroxylation is 2. The highest BCUT2D eigenvalue weighted by Crippen LogP contribution is 2.11. The zero-order valence-electron chi connectivity index (χ0n) is 10.8. The lowest BCUT2D eigenvalue weighted by atomic mass is 10.1. The van der Waals surface area contributed by atoms with E-state index < -0.39 is 0 Å². The van der Waals surface area contributed by atoms with Gasteiger partial charge in [0.25, 0.3) is 5.56 Å². The highest BCUT2D eigenvalue weighted by atomic mass is 16.1. The molecule has 0 unspecified atom stereocenters. The second kappa shape index (κ2) is 5.19. The van der Waals surface area contributed by atoms with Crippen molar-refractivity contribution in [2.75, 3.05) is 0 Å². The Hall–Kier alpha value is -1.87. The fourth-order valence-corrected chi connectivity index (χ4v) is 2.03. The first-order valence-electron chi connectivity index (χ1n) is 6.18. The van der Waals surface area contributed by atoms with E-state index in [-0.39, 0.29) is 12.1 Å². The van der Waals surface area contributed by atoms with Crippen molar-refractivity contribution in [1.82, 2.24) is 4.57 Å². The van der Waals surface area contributed by atoms with Crippen molar-refractivity contribution in [3.8, 4) is 5.69 Å². The van der Waals surface area contributed by atoms with Gasteiger partial charge in [0.1, 0.15) is 0 Å². The van der Waals surface area contributed by atoms with Gasteiger partial charge in [-0.2, -0.15) is 0 Å². The predicted molar refractivity (Wildman–Crippen MR) is 74.0 cm³/mol. The summed E-state index contributed by atoms with van der Waals surface area (Å²) >= 11 is 0. The molecule has 1 aromatic heterocycles. The first-order valence-corrected chi connectivity index (χ1v) is 6.18. The largest absolute Gasteiger partial charge is 0.326 e. The summed E-state index contributed by atoms with van der Waals surface area (Å²) in [5.41, 5.74) is 9.27. The molecule has 3 nitrogen and oxygen atoms in total. The summed E-state index contributed by atoms with van der Waals surface area (Å²) in [4.78, 5) is 12.3. The Morgan fingerprint density at radius 3 is 2.33 bits per heavy atom. The van der Waals surface area contributed by atoms with Gasteiger partial charge in [0.15, 0.2) is 0 Å². The molecule has 1 aromatic carbocycles. The standard InChI is InChI=1S/C15H18N2O/c1-3-12-5-8-14(9-6-12)17-11(2)4-7-13(10-16)15(17)18/h4-9H,3,10,16H2,1-2H3. The summed E-state index contributed by atoms with van der Waals surface area (Å²) in [7, 11) is 0. The molecule has 94 valence electrons. The molecule has 0 radical (unpaired) electrons. The van der Waals surface area contributed by atoms with Crippen LogP contribution in [0.2, 0.25) is 0 Å². The van der Waals surface area contributed by atoms with Crippen LogP contribution < -0.4 is 11.3 Å². The molecule has 0 fully saturated rings. The predicted octanol–water partition coefficient (Wildman–Crippen LogP) is 2.17. The molecule has 0 amide bonds. The number of benzene rings is 1. The Bertz CT molecular complexity index is 597. The Morgan fingerprint density at radius 1 is 1.11 bits per heavy atom. The van der Waals surface area contributed by atoms with E-state index >= 15 is 0 Å². The van der Waals surface area contributed by atoms with E-state index in [1.165, 1.54) is 5.56 Å². The molecule has 0 aliphatic rings. The zero-order valence-corrected chi connectivity index (χ0v) is 10.8. The van der Waals surface area contributed by atoms with E-state index in [0.29, 0.717) is 5.56 Å². The van der Waals surface area contributed by atoms with Gasteiger partial charge in [0, 0.05) is 23.5 Å². The lowest BCUT2D eigenvalue weighted by molar-refractivity contribution is 0.887. The smallest absolute Gasteiger partial charge is 0.259 e. The summed E-state index contributed by atoms with van der Waals surface area (Å²) in [5.74, 6) is 0. The Balaban J connectivity index is 2.59. The molecule has 0 saturated heterocycles. The van der Waals surface area contributed by atoms with Crippen molar-refractivity contribution in [2.45, 2.75) is 26.8 Å². The Labute approximate surface area is 107 Å². The molecular formula is C15H18N2O. The number of rotatable bonds is 3. The van der Waals surface area contributed by atoms with Gasteiger partial charge < -0.3 is 5.73 Å². The number of nitrogens with zero attached hydrogens (tertiary/aromatic N) is 1. The van der Waals surface area contributed by atoms with E-state index in [1.807, 2.05) is 25.1 Å². The quantitative estimate of drug-likeness (QED) is 0.896. The minimum Gasteiger partial charge on any atom is -0.326 e. The molecule has 0 spiro atoms. The maximum atomic E-state index is 12.3. The second-order valence-electron chi connectivity index (χ2n) is 4.36. The van der Waals surface area contributed by atoms with Crippen LogP contribution in [0.4, 0.5) is 0 Å². The monoisotopic (exact) mass is 242 g/mol. The summed E-state index contributed by atoms with van der Waals surface area (Å²) < 4.78 is 1.71. The van der Waals surface area contributed by atoms with Crippen LogP contribution >= 0.6 is 0 Å². The molecule has 0 aliphatic heterocycles. The summed E-state index contributed by atoms with van der Waals surface area (Å²) in [6, 6.07) is 11.8. The SMILES string of the molecule is CCc1ccc(-n2c(C)ccc(CN)c2=O)cc1. The highest BCUT2D eigenvalue weighted by molar-refractivity contribution is 5.37. The summed E-state index contributed by atoms with van der Waals surface area (Å²) in [5, 5.41) is 0. The van der Waals surface area contributed by atoms with Gasteiger partial charge in [0.05, 0.1) is 0 Å². The van der Waals surface area contributed by atoms with E-state index in [1.54, 1.807) is 10.6 Å². The molecule has 0 aliphatic carbocycles. The summed E-state index contributed by atoms with van der Waals surface area (Å²) in [6.45, 7) is 4.31. The van der Waals surface area contributed by atoms with Crippen LogP contribution in [0.5, 0.6) is 0 Å². The third kappa shape index (κ3) is 2.22. The minimum absolute atomic E-state index is 0.0262. The summed E-state index contributed by atoms with van der Waals surface area (Å²) in [6.07, 6.45) is 0.997. The molecule has 3 heteroatoms. The number of aromatic nitrogens is 1. The average Bonchev–Trinajstić information content (AvgIpc) is 2.40. The lowest BCUT2D eigenvalue weighted by Crippen LogP contribution is -2.25. The van der Waals surface area contributed by atoms with E-state index in [9.17, 15) is 4.79 Å². The van der Waals surface area contributed by atoms with E-state index in [4.69, 9.17) is 5.73 Å². The van der Waals surface area contributed by atoms with Gasteiger partial charge in [-0.15, -0.1) is 0 Å². The second-order valence-corrected chi connectivity index (χ2v) is 4.36. The minimum atomic E-state index is -0.0262. The molecule has 2 aromatic rings. The van der Waals surface area contributed by atoms with Gasteiger partial charge >= 0.3 is 0 Å². The molecule has 1 heterocycles. The van der Waals surface area contributed by atoms with Crippen molar-refractivity contribution in [3.63, 3.8) is 0 Å². The number of pyridine rings is 1. The van der Waals surface area contributed by atoms with Crippen molar-refractivity contribution >= 4 is 0 Å². The van der Waals surface area contributed by atoms with Crippen LogP contribution in [0.15, 0.2) is 41.2 Å². The molecule has 2 N–H and O–H groups in total. The first kappa shape index (κ1) is 12.6. The number of hydrogen-bond donors (Lipinski definition) is 1. The van der Waals surface area contributed by atoms with Crippen molar-refractivity contribution in [3.05, 3.63) is 63.6 Å². The molecule has 0 atom stereocenters. The van der Waals surface area contributed by atoms with Gasteiger partial charge in [-0.25, -0.2) is 0 Å². The fourth-order valence-electron chi connectivity index (χ4n) is 2.03. The number of hydrogen-bond acceptors (Lipinski definition) is 2. The first-order chi connectivity index (χ1) is 8.67. The number of nitrogens with two attached hydrogens (primary N) is 1. The maximum Gasteiger partial charge on any atom is 0.259 e. The molecule has 0 bridgehead atoms. The van der Waals surface area contributed by atoms with E-state index in [0.717, 1.165) is 17.8 Å². The average molecular weight is 242 g/mol. The third-order valence-electron chi connectivity index (χ3n) is 3.18. The Morgan fingerprint density at radius 2 is 1.78 bits per heavy atom. The maximum absolute atomic E-state index is 12.3. The molecule has 2 rings (SSSR count). The zero-order chi connectivity index (χ0) is 13.1. The third-order valence-corrected chi connectivity index (χ3v) is 3.18. The molecular weight excluding hydrogens is 224 g/mol. The van der Waals surface area contributed by atoms with Crippen molar-refractivity contribution in [2.24, 2.45) is 5.73 Å². The normalized spacial score (nSPS) is 10.6. The van der Waals surface area contributed by atoms with Crippen molar-refractivity contribution in [1.29, 1.82) is 0 Å². The Kier molecular flexibility index (Phi) is 3.63. The van der Waals surface area contributed by atoms with Gasteiger partial charge in [-0.1, -0.05) is 25.1 Å². The van der Waals surface area contributed by atoms with Crippen LogP contribution in [0.1, 0.15) is 23.7 Å². The van der Waals surface area contributed by atoms with E-state index in [2.05, 4.69) is 19.1 Å². The van der Waals surface area contributed by atoms with Crippen LogP contribution in [0.25, 0.3) is 5.69 Å². The van der Waals surface area contributed by atoms with Crippen LogP contribution in [0, 0.1) is 6.92 Å². The van der Waals surface area contributed by atoms with Crippen molar-refractivity contribution < 1.29 is 0 Å². The van der Waals surface area contributed by atoms with Crippen LogP contribution in [-0.4, -0.2) is 4.57 Å². The fraction of sp³-hybridized carbons (Fsp3) is 0.267.